The predicted octanol–water partition coefficient (Wildman–Crippen LogP) is 4.13. The lowest BCUT2D eigenvalue weighted by atomic mass is 10.1. The second-order valence-corrected chi connectivity index (χ2v) is 7.35. The average Bonchev–Trinajstić information content (AvgIpc) is 3.17. The molecule has 6 nitrogen and oxygen atoms in total. The van der Waals surface area contributed by atoms with E-state index in [0.717, 1.165) is 16.8 Å². The van der Waals surface area contributed by atoms with Crippen LogP contribution >= 0.6 is 11.8 Å². The maximum Gasteiger partial charge on any atom is 0.237 e. The van der Waals surface area contributed by atoms with E-state index in [1.54, 1.807) is 4.90 Å². The number of nitrogens with zero attached hydrogens (tertiary/aromatic N) is 4. The number of aromatic amines is 1. The molecule has 142 valence electrons. The molecule has 0 saturated carbocycles. The van der Waals surface area contributed by atoms with Gasteiger partial charge in [0.2, 0.25) is 11.1 Å². The van der Waals surface area contributed by atoms with Crippen molar-refractivity contribution in [3.8, 4) is 17.5 Å². The summed E-state index contributed by atoms with van der Waals surface area (Å²) in [5.74, 6) is 0.797. The number of rotatable bonds is 7. The summed E-state index contributed by atoms with van der Waals surface area (Å²) in [5.41, 5.74) is 4.04. The number of benzene rings is 2. The Morgan fingerprint density at radius 1 is 1.11 bits per heavy atom. The van der Waals surface area contributed by atoms with E-state index in [9.17, 15) is 4.79 Å². The summed E-state index contributed by atoms with van der Waals surface area (Å²) >= 11 is 1.28. The monoisotopic (exact) mass is 391 g/mol. The van der Waals surface area contributed by atoms with Crippen molar-refractivity contribution in [2.24, 2.45) is 0 Å². The van der Waals surface area contributed by atoms with Crippen molar-refractivity contribution in [1.29, 1.82) is 5.26 Å². The zero-order valence-corrected chi connectivity index (χ0v) is 16.7. The van der Waals surface area contributed by atoms with Gasteiger partial charge in [-0.2, -0.15) is 5.26 Å². The van der Waals surface area contributed by atoms with Crippen LogP contribution in [0.25, 0.3) is 11.4 Å². The number of hydrogen-bond acceptors (Lipinski definition) is 5. The van der Waals surface area contributed by atoms with Crippen LogP contribution in [-0.4, -0.2) is 33.4 Å². The van der Waals surface area contributed by atoms with Gasteiger partial charge in [0, 0.05) is 17.8 Å². The number of nitrogens with one attached hydrogen (secondary N) is 1. The SMILES string of the molecule is Cc1ccc(-c2nc(SCC(=O)N(CCC#N)c3ccc(C)cc3)n[nH]2)cc1. The average molecular weight is 392 g/mol. The van der Waals surface area contributed by atoms with Crippen LogP contribution < -0.4 is 4.90 Å². The molecule has 1 heterocycles. The fraction of sp³-hybridized carbons (Fsp3) is 0.238. The zero-order valence-electron chi connectivity index (χ0n) is 15.8. The van der Waals surface area contributed by atoms with Crippen molar-refractivity contribution >= 4 is 23.4 Å². The Balaban J connectivity index is 1.66. The predicted molar refractivity (Wildman–Crippen MR) is 111 cm³/mol. The van der Waals surface area contributed by atoms with E-state index in [1.807, 2.05) is 62.4 Å². The van der Waals surface area contributed by atoms with E-state index >= 15 is 0 Å². The van der Waals surface area contributed by atoms with Gasteiger partial charge in [0.1, 0.15) is 0 Å². The minimum atomic E-state index is -0.0780. The number of thioether (sulfide) groups is 1. The highest BCUT2D eigenvalue weighted by Gasteiger charge is 2.17. The van der Waals surface area contributed by atoms with Gasteiger partial charge in [-0.15, -0.1) is 5.10 Å². The quantitative estimate of drug-likeness (QED) is 0.612. The molecule has 0 fully saturated rings. The Labute approximate surface area is 168 Å². The fourth-order valence-electron chi connectivity index (χ4n) is 2.64. The smallest absolute Gasteiger partial charge is 0.237 e. The minimum absolute atomic E-state index is 0.0780. The van der Waals surface area contributed by atoms with Gasteiger partial charge in [-0.25, -0.2) is 4.98 Å². The Hall–Kier alpha value is -3.11. The molecule has 1 amide bonds. The number of carbonyl (C=O) groups is 1. The number of aromatic nitrogens is 3. The lowest BCUT2D eigenvalue weighted by molar-refractivity contribution is -0.116. The number of amides is 1. The van der Waals surface area contributed by atoms with Gasteiger partial charge >= 0.3 is 0 Å². The van der Waals surface area contributed by atoms with E-state index in [4.69, 9.17) is 5.26 Å². The van der Waals surface area contributed by atoms with E-state index < -0.39 is 0 Å². The van der Waals surface area contributed by atoms with Crippen LogP contribution in [-0.2, 0) is 4.79 Å². The Morgan fingerprint density at radius 2 is 1.75 bits per heavy atom. The number of H-pyrrole nitrogens is 1. The molecule has 1 aromatic heterocycles. The Kier molecular flexibility index (Phi) is 6.45. The molecule has 0 aliphatic heterocycles. The van der Waals surface area contributed by atoms with E-state index in [0.29, 0.717) is 17.5 Å². The van der Waals surface area contributed by atoms with Gasteiger partial charge in [0.05, 0.1) is 18.2 Å². The third-order valence-corrected chi connectivity index (χ3v) is 5.04. The maximum absolute atomic E-state index is 12.8. The first-order chi connectivity index (χ1) is 13.6. The van der Waals surface area contributed by atoms with E-state index in [-0.39, 0.29) is 18.1 Å². The molecule has 0 aliphatic carbocycles. The van der Waals surface area contributed by atoms with Crippen LogP contribution in [0.3, 0.4) is 0 Å². The number of aryl methyl sites for hydroxylation is 2. The molecule has 0 bridgehead atoms. The van der Waals surface area contributed by atoms with Gasteiger partial charge in [0.25, 0.3) is 0 Å². The maximum atomic E-state index is 12.8. The lowest BCUT2D eigenvalue weighted by Crippen LogP contribution is -2.33. The first kappa shape index (κ1) is 19.6. The third-order valence-electron chi connectivity index (χ3n) is 4.21. The number of anilines is 1. The largest absolute Gasteiger partial charge is 0.311 e. The van der Waals surface area contributed by atoms with Crippen LogP contribution in [0.5, 0.6) is 0 Å². The molecule has 3 aromatic rings. The van der Waals surface area contributed by atoms with Crippen molar-refractivity contribution < 1.29 is 4.79 Å². The second-order valence-electron chi connectivity index (χ2n) is 6.41. The molecule has 0 saturated heterocycles. The van der Waals surface area contributed by atoms with Crippen LogP contribution in [0.2, 0.25) is 0 Å². The molecular formula is C21H21N5OS. The topological polar surface area (TPSA) is 85.7 Å². The lowest BCUT2D eigenvalue weighted by Gasteiger charge is -2.21. The molecule has 2 aromatic carbocycles. The summed E-state index contributed by atoms with van der Waals surface area (Å²) in [6.07, 6.45) is 0.280. The van der Waals surface area contributed by atoms with Gasteiger partial charge in [-0.1, -0.05) is 59.3 Å². The fourth-order valence-corrected chi connectivity index (χ4v) is 3.31. The molecule has 0 atom stereocenters. The first-order valence-corrected chi connectivity index (χ1v) is 9.91. The summed E-state index contributed by atoms with van der Waals surface area (Å²) in [5, 5.41) is 16.5. The van der Waals surface area contributed by atoms with Crippen LogP contribution in [0.1, 0.15) is 17.5 Å². The van der Waals surface area contributed by atoms with E-state index in [2.05, 4.69) is 21.3 Å². The molecular weight excluding hydrogens is 370 g/mol. The Bertz CT molecular complexity index is 973. The molecule has 0 unspecified atom stereocenters. The summed E-state index contributed by atoms with van der Waals surface area (Å²) < 4.78 is 0. The van der Waals surface area contributed by atoms with Crippen molar-refractivity contribution in [3.63, 3.8) is 0 Å². The van der Waals surface area contributed by atoms with E-state index in [1.165, 1.54) is 17.3 Å². The van der Waals surface area contributed by atoms with Gasteiger partial charge in [-0.3, -0.25) is 9.89 Å². The molecule has 7 heteroatoms. The van der Waals surface area contributed by atoms with Crippen LogP contribution in [0, 0.1) is 25.2 Å². The van der Waals surface area contributed by atoms with Crippen molar-refractivity contribution in [3.05, 3.63) is 59.7 Å². The molecule has 28 heavy (non-hydrogen) atoms. The number of nitriles is 1. The summed E-state index contributed by atoms with van der Waals surface area (Å²) in [7, 11) is 0. The molecule has 0 spiro atoms. The molecule has 1 N–H and O–H groups in total. The third kappa shape index (κ3) is 4.99. The second kappa shape index (κ2) is 9.20. The molecule has 3 rings (SSSR count). The summed E-state index contributed by atoms with van der Waals surface area (Å²) in [4.78, 5) is 18.9. The van der Waals surface area contributed by atoms with Crippen molar-refractivity contribution in [2.75, 3.05) is 17.2 Å². The van der Waals surface area contributed by atoms with Gasteiger partial charge in [0.15, 0.2) is 5.82 Å². The highest BCUT2D eigenvalue weighted by molar-refractivity contribution is 7.99. The first-order valence-electron chi connectivity index (χ1n) is 8.93. The van der Waals surface area contributed by atoms with Gasteiger partial charge in [-0.05, 0) is 26.0 Å². The number of carbonyl (C=O) groups excluding carboxylic acids is 1. The molecule has 0 radical (unpaired) electrons. The van der Waals surface area contributed by atoms with Crippen molar-refractivity contribution in [2.45, 2.75) is 25.4 Å². The zero-order chi connectivity index (χ0) is 19.9. The molecule has 0 aliphatic rings. The van der Waals surface area contributed by atoms with Crippen LogP contribution in [0.15, 0.2) is 53.7 Å². The van der Waals surface area contributed by atoms with Crippen LogP contribution in [0.4, 0.5) is 5.69 Å². The van der Waals surface area contributed by atoms with Crippen molar-refractivity contribution in [1.82, 2.24) is 15.2 Å². The highest BCUT2D eigenvalue weighted by atomic mass is 32.2. The summed E-state index contributed by atoms with van der Waals surface area (Å²) in [6, 6.07) is 17.8. The highest BCUT2D eigenvalue weighted by Crippen LogP contribution is 2.22. The normalized spacial score (nSPS) is 10.5. The standard InChI is InChI=1S/C21H21N5OS/c1-15-4-8-17(9-5-15)20-23-21(25-24-20)28-14-19(27)26(13-3-12-22)18-10-6-16(2)7-11-18/h4-11H,3,13-14H2,1-2H3,(H,23,24,25). The summed E-state index contributed by atoms with van der Waals surface area (Å²) in [6.45, 7) is 4.39. The Morgan fingerprint density at radius 3 is 2.39 bits per heavy atom. The van der Waals surface area contributed by atoms with Gasteiger partial charge < -0.3 is 4.90 Å². The minimum Gasteiger partial charge on any atom is -0.311 e. The number of hydrogen-bond donors (Lipinski definition) is 1.